The second kappa shape index (κ2) is 12.0. The summed E-state index contributed by atoms with van der Waals surface area (Å²) in [5, 5.41) is 7.76. The van der Waals surface area contributed by atoms with Crippen LogP contribution in [0.5, 0.6) is 0 Å². The lowest BCUT2D eigenvalue weighted by molar-refractivity contribution is 0.173. The average molecular weight is 453 g/mol. The Kier molecular flexibility index (Phi) is 11.8. The van der Waals surface area contributed by atoms with Crippen molar-refractivity contribution in [2.75, 3.05) is 20.1 Å². The lowest BCUT2D eigenvalue weighted by atomic mass is 10.2. The highest BCUT2D eigenvalue weighted by atomic mass is 127. The molecule has 1 aromatic rings. The van der Waals surface area contributed by atoms with Crippen LogP contribution in [-0.2, 0) is 6.54 Å². The fraction of sp³-hybridized carbons (Fsp3) is 0.750. The normalized spacial score (nSPS) is 12.0. The number of hydrogen-bond donors (Lipinski definition) is 2. The smallest absolute Gasteiger partial charge is 0.191 e. The van der Waals surface area contributed by atoms with Crippen LogP contribution in [0.15, 0.2) is 11.2 Å². The Morgan fingerprint density at radius 3 is 2.39 bits per heavy atom. The van der Waals surface area contributed by atoms with Crippen LogP contribution in [0.2, 0.25) is 0 Å². The number of halogens is 1. The van der Waals surface area contributed by atoms with E-state index in [-0.39, 0.29) is 24.0 Å². The van der Waals surface area contributed by atoms with Gasteiger partial charge in [-0.05, 0) is 41.0 Å². The summed E-state index contributed by atoms with van der Waals surface area (Å²) in [4.78, 5) is 12.3. The maximum absolute atomic E-state index is 4.35. The van der Waals surface area contributed by atoms with E-state index in [0.29, 0.717) is 12.1 Å². The highest BCUT2D eigenvalue weighted by molar-refractivity contribution is 14.0. The van der Waals surface area contributed by atoms with E-state index >= 15 is 0 Å². The summed E-state index contributed by atoms with van der Waals surface area (Å²) in [5.74, 6) is 0.841. The second-order valence-electron chi connectivity index (χ2n) is 6.00. The third-order valence-electron chi connectivity index (χ3n) is 3.51. The topological polar surface area (TPSA) is 52.6 Å². The van der Waals surface area contributed by atoms with E-state index in [9.17, 15) is 0 Å². The molecule has 0 aromatic carbocycles. The number of aryl methyl sites for hydroxylation is 1. The first-order valence-electron chi connectivity index (χ1n) is 8.05. The molecule has 7 heteroatoms. The molecule has 0 radical (unpaired) electrons. The summed E-state index contributed by atoms with van der Waals surface area (Å²) in [6.45, 7) is 13.8. The highest BCUT2D eigenvalue weighted by Gasteiger charge is 2.12. The van der Waals surface area contributed by atoms with Crippen LogP contribution in [0, 0.1) is 6.92 Å². The van der Waals surface area contributed by atoms with Crippen molar-refractivity contribution in [1.29, 1.82) is 0 Å². The van der Waals surface area contributed by atoms with Gasteiger partial charge < -0.3 is 10.6 Å². The molecule has 0 fully saturated rings. The number of thiazole rings is 1. The second-order valence-corrected chi connectivity index (χ2v) is 7.32. The number of guanidine groups is 1. The number of rotatable bonds is 8. The predicted molar refractivity (Wildman–Crippen MR) is 112 cm³/mol. The van der Waals surface area contributed by atoms with E-state index < -0.39 is 0 Å². The van der Waals surface area contributed by atoms with Crippen molar-refractivity contribution in [3.63, 3.8) is 0 Å². The first-order valence-corrected chi connectivity index (χ1v) is 8.87. The zero-order valence-electron chi connectivity index (χ0n) is 15.2. The first-order chi connectivity index (χ1) is 10.4. The minimum atomic E-state index is 0. The molecule has 0 aliphatic rings. The largest absolute Gasteiger partial charge is 0.356 e. The lowest BCUT2D eigenvalue weighted by Gasteiger charge is -2.30. The van der Waals surface area contributed by atoms with Crippen molar-refractivity contribution in [3.8, 4) is 0 Å². The quantitative estimate of drug-likeness (QED) is 0.275. The maximum Gasteiger partial charge on any atom is 0.191 e. The van der Waals surface area contributed by atoms with Gasteiger partial charge in [0.05, 0.1) is 6.54 Å². The SMILES string of the molecule is CN=C(NCCCN(C(C)C)C(C)C)NCc1ncc(C)s1.I. The van der Waals surface area contributed by atoms with Crippen LogP contribution in [0.1, 0.15) is 44.0 Å². The van der Waals surface area contributed by atoms with Gasteiger partial charge in [-0.3, -0.25) is 9.89 Å². The van der Waals surface area contributed by atoms with Gasteiger partial charge in [0.2, 0.25) is 0 Å². The van der Waals surface area contributed by atoms with Crippen molar-refractivity contribution in [1.82, 2.24) is 20.5 Å². The zero-order chi connectivity index (χ0) is 16.5. The fourth-order valence-electron chi connectivity index (χ4n) is 2.44. The van der Waals surface area contributed by atoms with Crippen molar-refractivity contribution in [2.24, 2.45) is 4.99 Å². The first kappa shape index (κ1) is 22.6. The van der Waals surface area contributed by atoms with Gasteiger partial charge in [0.25, 0.3) is 0 Å². The van der Waals surface area contributed by atoms with Gasteiger partial charge in [-0.25, -0.2) is 4.98 Å². The number of aromatic nitrogens is 1. The number of aliphatic imine (C=N–C) groups is 1. The molecule has 0 saturated heterocycles. The van der Waals surface area contributed by atoms with Gasteiger partial charge in [-0.1, -0.05) is 0 Å². The Bertz CT molecular complexity index is 451. The molecule has 1 rings (SSSR count). The van der Waals surface area contributed by atoms with E-state index in [1.54, 1.807) is 18.4 Å². The average Bonchev–Trinajstić information content (AvgIpc) is 2.86. The molecule has 23 heavy (non-hydrogen) atoms. The third kappa shape index (κ3) is 8.85. The van der Waals surface area contributed by atoms with E-state index in [0.717, 1.165) is 37.0 Å². The van der Waals surface area contributed by atoms with Crippen molar-refractivity contribution < 1.29 is 0 Å². The molecule has 0 unspecified atom stereocenters. The molecular formula is C16H32IN5S. The Balaban J connectivity index is 0.00000484. The van der Waals surface area contributed by atoms with Gasteiger partial charge in [-0.2, -0.15) is 0 Å². The summed E-state index contributed by atoms with van der Waals surface area (Å²) >= 11 is 1.72. The Morgan fingerprint density at radius 1 is 1.26 bits per heavy atom. The molecule has 0 aliphatic heterocycles. The molecule has 0 saturated carbocycles. The van der Waals surface area contributed by atoms with E-state index in [1.165, 1.54) is 4.88 Å². The molecule has 0 amide bonds. The summed E-state index contributed by atoms with van der Waals surface area (Å²) < 4.78 is 0. The summed E-state index contributed by atoms with van der Waals surface area (Å²) in [7, 11) is 1.80. The third-order valence-corrected chi connectivity index (χ3v) is 4.42. The Hall–Kier alpha value is -0.410. The molecule has 1 heterocycles. The van der Waals surface area contributed by atoms with Crippen LogP contribution in [0.3, 0.4) is 0 Å². The minimum absolute atomic E-state index is 0. The number of nitrogens with zero attached hydrogens (tertiary/aromatic N) is 3. The van der Waals surface area contributed by atoms with E-state index in [2.05, 4.69) is 60.1 Å². The molecule has 0 bridgehead atoms. The molecular weight excluding hydrogens is 421 g/mol. The Morgan fingerprint density at radius 2 is 1.91 bits per heavy atom. The Labute approximate surface area is 162 Å². The van der Waals surface area contributed by atoms with Crippen molar-refractivity contribution >= 4 is 41.3 Å². The number of hydrogen-bond acceptors (Lipinski definition) is 4. The maximum atomic E-state index is 4.35. The summed E-state index contributed by atoms with van der Waals surface area (Å²) in [6.07, 6.45) is 3.01. The standard InChI is InChI=1S/C16H31N5S.HI/c1-12(2)21(13(3)4)9-7-8-18-16(17-6)20-11-15-19-10-14(5)22-15;/h10,12-13H,7-9,11H2,1-6H3,(H2,17,18,20);1H. The van der Waals surface area contributed by atoms with Crippen molar-refractivity contribution in [2.45, 2.75) is 59.7 Å². The van der Waals surface area contributed by atoms with Gasteiger partial charge in [0.1, 0.15) is 5.01 Å². The highest BCUT2D eigenvalue weighted by Crippen LogP contribution is 2.10. The molecule has 0 aliphatic carbocycles. The molecule has 2 N–H and O–H groups in total. The monoisotopic (exact) mass is 453 g/mol. The molecule has 0 atom stereocenters. The van der Waals surface area contributed by atoms with Gasteiger partial charge in [-0.15, -0.1) is 35.3 Å². The van der Waals surface area contributed by atoms with Gasteiger partial charge >= 0.3 is 0 Å². The van der Waals surface area contributed by atoms with E-state index in [4.69, 9.17) is 0 Å². The molecule has 5 nitrogen and oxygen atoms in total. The van der Waals surface area contributed by atoms with Crippen LogP contribution >= 0.6 is 35.3 Å². The van der Waals surface area contributed by atoms with Crippen LogP contribution < -0.4 is 10.6 Å². The fourth-order valence-corrected chi connectivity index (χ4v) is 3.17. The molecule has 1 aromatic heterocycles. The van der Waals surface area contributed by atoms with Crippen LogP contribution in [0.25, 0.3) is 0 Å². The van der Waals surface area contributed by atoms with Gasteiger partial charge in [0.15, 0.2) is 5.96 Å². The zero-order valence-corrected chi connectivity index (χ0v) is 18.4. The summed E-state index contributed by atoms with van der Waals surface area (Å²) in [5.41, 5.74) is 0. The lowest BCUT2D eigenvalue weighted by Crippen LogP contribution is -2.41. The molecule has 134 valence electrons. The minimum Gasteiger partial charge on any atom is -0.356 e. The van der Waals surface area contributed by atoms with Crippen LogP contribution in [0.4, 0.5) is 0 Å². The van der Waals surface area contributed by atoms with E-state index in [1.807, 2.05) is 6.20 Å². The predicted octanol–water partition coefficient (Wildman–Crippen LogP) is 3.24. The van der Waals surface area contributed by atoms with Gasteiger partial charge in [0, 0.05) is 43.3 Å². The van der Waals surface area contributed by atoms with Crippen molar-refractivity contribution in [3.05, 3.63) is 16.1 Å². The molecule has 0 spiro atoms. The number of nitrogens with one attached hydrogen (secondary N) is 2. The van der Waals surface area contributed by atoms with Crippen LogP contribution in [-0.4, -0.2) is 48.1 Å². The summed E-state index contributed by atoms with van der Waals surface area (Å²) in [6, 6.07) is 1.18.